The predicted molar refractivity (Wildman–Crippen MR) is 70.1 cm³/mol. The summed E-state index contributed by atoms with van der Waals surface area (Å²) in [5, 5.41) is 13.2. The Morgan fingerprint density at radius 3 is 2.88 bits per heavy atom. The van der Waals surface area contributed by atoms with Crippen LogP contribution in [0.4, 0.5) is 5.82 Å². The Balaban J connectivity index is 2.27. The first-order valence-electron chi connectivity index (χ1n) is 5.30. The third kappa shape index (κ3) is 2.63. The van der Waals surface area contributed by atoms with Gasteiger partial charge < -0.3 is 4.90 Å². The van der Waals surface area contributed by atoms with Crippen molar-refractivity contribution in [2.45, 2.75) is 13.5 Å². The van der Waals surface area contributed by atoms with E-state index in [0.29, 0.717) is 5.56 Å². The number of pyridine rings is 1. The first-order chi connectivity index (χ1) is 8.20. The van der Waals surface area contributed by atoms with Gasteiger partial charge in [-0.15, -0.1) is 0 Å². The Morgan fingerprint density at radius 1 is 1.41 bits per heavy atom. The van der Waals surface area contributed by atoms with E-state index in [1.807, 2.05) is 31.0 Å². The topological polar surface area (TPSA) is 39.9 Å². The minimum atomic E-state index is 0.619. The average Bonchev–Trinajstić information content (AvgIpc) is 2.81. The molecule has 2 heterocycles. The van der Waals surface area contributed by atoms with Crippen molar-refractivity contribution < 1.29 is 0 Å². The Morgan fingerprint density at radius 2 is 2.24 bits per heavy atom. The van der Waals surface area contributed by atoms with Crippen LogP contribution in [0.3, 0.4) is 0 Å². The zero-order valence-electron chi connectivity index (χ0n) is 9.84. The molecule has 0 fully saturated rings. The van der Waals surface area contributed by atoms with Crippen LogP contribution >= 0.6 is 11.3 Å². The molecule has 0 bridgehead atoms. The molecule has 0 amide bonds. The molecule has 0 atom stereocenters. The summed E-state index contributed by atoms with van der Waals surface area (Å²) in [7, 11) is 1.96. The fourth-order valence-corrected chi connectivity index (χ4v) is 2.31. The van der Waals surface area contributed by atoms with Crippen LogP contribution in [-0.4, -0.2) is 12.0 Å². The molecule has 4 heteroatoms. The Kier molecular flexibility index (Phi) is 3.40. The third-order valence-corrected chi connectivity index (χ3v) is 3.23. The van der Waals surface area contributed by atoms with Gasteiger partial charge in [0, 0.05) is 19.3 Å². The number of aryl methyl sites for hydroxylation is 1. The maximum absolute atomic E-state index is 9.07. The summed E-state index contributed by atoms with van der Waals surface area (Å²) in [5.74, 6) is 0.749. The number of nitriles is 1. The molecule has 0 aliphatic heterocycles. The van der Waals surface area contributed by atoms with Crippen LogP contribution in [0.2, 0.25) is 0 Å². The number of thiophene rings is 1. The standard InChI is InChI=1S/C13H13N3S/c1-10-3-4-12(7-14)13(15-10)16(2)8-11-5-6-17-9-11/h3-6,9H,8H2,1-2H3. The highest BCUT2D eigenvalue weighted by atomic mass is 32.1. The van der Waals surface area contributed by atoms with Crippen LogP contribution < -0.4 is 4.90 Å². The first kappa shape index (κ1) is 11.6. The van der Waals surface area contributed by atoms with Gasteiger partial charge in [-0.3, -0.25) is 0 Å². The summed E-state index contributed by atoms with van der Waals surface area (Å²) in [6.45, 7) is 2.71. The number of aromatic nitrogens is 1. The minimum absolute atomic E-state index is 0.619. The molecule has 86 valence electrons. The highest BCUT2D eigenvalue weighted by molar-refractivity contribution is 7.07. The van der Waals surface area contributed by atoms with Gasteiger partial charge in [-0.05, 0) is 41.4 Å². The average molecular weight is 243 g/mol. The van der Waals surface area contributed by atoms with Crippen LogP contribution in [0.25, 0.3) is 0 Å². The number of rotatable bonds is 3. The molecular formula is C13H13N3S. The quantitative estimate of drug-likeness (QED) is 0.832. The molecule has 0 radical (unpaired) electrons. The molecule has 17 heavy (non-hydrogen) atoms. The van der Waals surface area contributed by atoms with E-state index >= 15 is 0 Å². The Bertz CT molecular complexity index is 540. The van der Waals surface area contributed by atoms with Crippen molar-refractivity contribution in [1.82, 2.24) is 4.98 Å². The molecule has 0 unspecified atom stereocenters. The fourth-order valence-electron chi connectivity index (χ4n) is 1.65. The van der Waals surface area contributed by atoms with Crippen LogP contribution in [0, 0.1) is 18.3 Å². The van der Waals surface area contributed by atoms with Crippen LogP contribution in [0.5, 0.6) is 0 Å². The Hall–Kier alpha value is -1.86. The zero-order valence-corrected chi connectivity index (χ0v) is 10.7. The Labute approximate surface area is 105 Å². The smallest absolute Gasteiger partial charge is 0.146 e. The monoisotopic (exact) mass is 243 g/mol. The van der Waals surface area contributed by atoms with Crippen LogP contribution in [0.1, 0.15) is 16.8 Å². The molecule has 0 aliphatic rings. The van der Waals surface area contributed by atoms with Crippen molar-refractivity contribution in [2.24, 2.45) is 0 Å². The molecule has 0 saturated carbocycles. The predicted octanol–water partition coefficient (Wildman–Crippen LogP) is 2.96. The largest absolute Gasteiger partial charge is 0.354 e. The summed E-state index contributed by atoms with van der Waals surface area (Å²) < 4.78 is 0. The summed E-state index contributed by atoms with van der Waals surface area (Å²) >= 11 is 1.68. The van der Waals surface area contributed by atoms with Crippen molar-refractivity contribution in [2.75, 3.05) is 11.9 Å². The van der Waals surface area contributed by atoms with Gasteiger partial charge in [0.25, 0.3) is 0 Å². The maximum Gasteiger partial charge on any atom is 0.146 e. The van der Waals surface area contributed by atoms with E-state index in [1.54, 1.807) is 11.3 Å². The van der Waals surface area contributed by atoms with Gasteiger partial charge in [0.2, 0.25) is 0 Å². The fraction of sp³-hybridized carbons (Fsp3) is 0.231. The van der Waals surface area contributed by atoms with Gasteiger partial charge in [0.15, 0.2) is 0 Å². The van der Waals surface area contributed by atoms with E-state index in [-0.39, 0.29) is 0 Å². The molecule has 2 rings (SSSR count). The molecule has 0 aromatic carbocycles. The molecule has 3 nitrogen and oxygen atoms in total. The first-order valence-corrected chi connectivity index (χ1v) is 6.25. The van der Waals surface area contributed by atoms with Crippen molar-refractivity contribution in [1.29, 1.82) is 5.26 Å². The van der Waals surface area contributed by atoms with Crippen molar-refractivity contribution >= 4 is 17.2 Å². The summed E-state index contributed by atoms with van der Waals surface area (Å²) in [6, 6.07) is 7.95. The van der Waals surface area contributed by atoms with Crippen molar-refractivity contribution in [3.63, 3.8) is 0 Å². The molecular weight excluding hydrogens is 230 g/mol. The zero-order chi connectivity index (χ0) is 12.3. The molecule has 0 aliphatic carbocycles. The highest BCUT2D eigenvalue weighted by Gasteiger charge is 2.10. The van der Waals surface area contributed by atoms with Crippen molar-refractivity contribution in [3.8, 4) is 6.07 Å². The molecule has 0 spiro atoms. The lowest BCUT2D eigenvalue weighted by Gasteiger charge is -2.19. The van der Waals surface area contributed by atoms with Crippen molar-refractivity contribution in [3.05, 3.63) is 45.8 Å². The molecule has 0 saturated heterocycles. The van der Waals surface area contributed by atoms with Gasteiger partial charge in [-0.25, -0.2) is 4.98 Å². The van der Waals surface area contributed by atoms with E-state index in [2.05, 4.69) is 27.9 Å². The lowest BCUT2D eigenvalue weighted by molar-refractivity contribution is 0.893. The van der Waals surface area contributed by atoms with Gasteiger partial charge in [0.1, 0.15) is 11.9 Å². The third-order valence-electron chi connectivity index (χ3n) is 2.50. The molecule has 0 N–H and O–H groups in total. The van der Waals surface area contributed by atoms with E-state index in [0.717, 1.165) is 18.1 Å². The maximum atomic E-state index is 9.07. The second-order valence-corrected chi connectivity index (χ2v) is 4.70. The van der Waals surface area contributed by atoms with E-state index in [1.165, 1.54) is 5.56 Å². The number of hydrogen-bond donors (Lipinski definition) is 0. The lowest BCUT2D eigenvalue weighted by Crippen LogP contribution is -2.18. The second-order valence-electron chi connectivity index (χ2n) is 3.92. The van der Waals surface area contributed by atoms with Crippen LogP contribution in [-0.2, 0) is 6.54 Å². The lowest BCUT2D eigenvalue weighted by atomic mass is 10.2. The molecule has 2 aromatic heterocycles. The highest BCUT2D eigenvalue weighted by Crippen LogP contribution is 2.19. The summed E-state index contributed by atoms with van der Waals surface area (Å²) in [5.41, 5.74) is 2.79. The van der Waals surface area contributed by atoms with E-state index in [4.69, 9.17) is 5.26 Å². The van der Waals surface area contributed by atoms with Gasteiger partial charge in [-0.1, -0.05) is 0 Å². The summed E-state index contributed by atoms with van der Waals surface area (Å²) in [4.78, 5) is 6.44. The molecule has 2 aromatic rings. The summed E-state index contributed by atoms with van der Waals surface area (Å²) in [6.07, 6.45) is 0. The van der Waals surface area contributed by atoms with Crippen LogP contribution in [0.15, 0.2) is 29.0 Å². The number of hydrogen-bond acceptors (Lipinski definition) is 4. The number of anilines is 1. The van der Waals surface area contributed by atoms with Gasteiger partial charge in [-0.2, -0.15) is 16.6 Å². The number of nitrogens with zero attached hydrogens (tertiary/aromatic N) is 3. The second kappa shape index (κ2) is 4.98. The van der Waals surface area contributed by atoms with E-state index in [9.17, 15) is 0 Å². The normalized spacial score (nSPS) is 9.94. The SMILES string of the molecule is Cc1ccc(C#N)c(N(C)Cc2ccsc2)n1. The van der Waals surface area contributed by atoms with E-state index < -0.39 is 0 Å². The van der Waals surface area contributed by atoms with Gasteiger partial charge in [0.05, 0.1) is 5.56 Å². The minimum Gasteiger partial charge on any atom is -0.354 e. The van der Waals surface area contributed by atoms with Gasteiger partial charge >= 0.3 is 0 Å².